The molecule has 1 aromatic heterocycles. The molecule has 0 spiro atoms. The van der Waals surface area contributed by atoms with Crippen molar-refractivity contribution in [1.29, 1.82) is 0 Å². The lowest BCUT2D eigenvalue weighted by molar-refractivity contribution is -0.384. The standard InChI is InChI=1S/C36H29N3O6S/c1-43-30-18-14-25(19-31(30)44-2)34-28-17-13-23-7-3-5-9-27(23)33(28)37-36-38(34)35(40)32(46-36)20-24-8-4-6-10-29(24)45-21-22-11-15-26(16-12-22)39(41)42/h3-12,14-16,18-20,34H,13,17,21H2,1-2H3/b32-20-/t34-/m0/s1. The molecule has 0 unspecified atom stereocenters. The molecule has 0 saturated heterocycles. The zero-order chi connectivity index (χ0) is 31.8. The van der Waals surface area contributed by atoms with E-state index in [1.165, 1.54) is 29.0 Å². The first-order chi connectivity index (χ1) is 22.4. The summed E-state index contributed by atoms with van der Waals surface area (Å²) in [5.41, 5.74) is 6.69. The summed E-state index contributed by atoms with van der Waals surface area (Å²) in [7, 11) is 3.21. The number of thiazole rings is 1. The second kappa shape index (κ2) is 12.1. The topological polar surface area (TPSA) is 105 Å². The highest BCUT2D eigenvalue weighted by Gasteiger charge is 2.33. The number of benzene rings is 4. The first-order valence-electron chi connectivity index (χ1n) is 14.8. The number of para-hydroxylation sites is 1. The summed E-state index contributed by atoms with van der Waals surface area (Å²) in [4.78, 5) is 30.6. The van der Waals surface area contributed by atoms with Gasteiger partial charge < -0.3 is 14.2 Å². The number of hydrogen-bond acceptors (Lipinski definition) is 8. The highest BCUT2D eigenvalue weighted by Crippen LogP contribution is 2.42. The molecule has 2 heterocycles. The molecular weight excluding hydrogens is 602 g/mol. The van der Waals surface area contributed by atoms with Gasteiger partial charge in [-0.25, -0.2) is 4.99 Å². The van der Waals surface area contributed by atoms with Crippen molar-refractivity contribution in [2.45, 2.75) is 25.5 Å². The first kappa shape index (κ1) is 29.2. The van der Waals surface area contributed by atoms with Gasteiger partial charge in [0.2, 0.25) is 0 Å². The molecule has 46 heavy (non-hydrogen) atoms. The minimum absolute atomic E-state index is 0.0241. The number of fused-ring (bicyclic) bond motifs is 3. The van der Waals surface area contributed by atoms with Gasteiger partial charge in [0.1, 0.15) is 12.4 Å². The average molecular weight is 632 g/mol. The Balaban J connectivity index is 1.33. The molecular formula is C36H29N3O6S. The molecule has 1 aliphatic heterocycles. The van der Waals surface area contributed by atoms with Crippen LogP contribution in [0.25, 0.3) is 11.8 Å². The smallest absolute Gasteiger partial charge is 0.271 e. The van der Waals surface area contributed by atoms with Gasteiger partial charge >= 0.3 is 0 Å². The molecule has 5 aromatic rings. The van der Waals surface area contributed by atoms with Crippen LogP contribution in [0.15, 0.2) is 106 Å². The van der Waals surface area contributed by atoms with Gasteiger partial charge in [0.15, 0.2) is 16.3 Å². The van der Waals surface area contributed by atoms with Gasteiger partial charge in [-0.15, -0.1) is 0 Å². The molecule has 1 atom stereocenters. The number of non-ortho nitro benzene ring substituents is 1. The molecule has 230 valence electrons. The predicted octanol–water partition coefficient (Wildman–Crippen LogP) is 5.82. The van der Waals surface area contributed by atoms with E-state index in [0.717, 1.165) is 46.4 Å². The maximum atomic E-state index is 14.3. The second-order valence-corrected chi connectivity index (χ2v) is 12.0. The molecule has 0 fully saturated rings. The van der Waals surface area contributed by atoms with Crippen molar-refractivity contribution in [2.75, 3.05) is 14.2 Å². The zero-order valence-electron chi connectivity index (χ0n) is 25.1. The normalized spacial score (nSPS) is 15.3. The summed E-state index contributed by atoms with van der Waals surface area (Å²) in [6, 6.07) is 27.5. The summed E-state index contributed by atoms with van der Waals surface area (Å²) in [6.45, 7) is 0.218. The first-order valence-corrected chi connectivity index (χ1v) is 15.6. The van der Waals surface area contributed by atoms with Crippen LogP contribution in [0.3, 0.4) is 0 Å². The summed E-state index contributed by atoms with van der Waals surface area (Å²) in [6.07, 6.45) is 3.48. The van der Waals surface area contributed by atoms with Crippen molar-refractivity contribution in [3.05, 3.63) is 154 Å². The Morgan fingerprint density at radius 1 is 0.935 bits per heavy atom. The fraction of sp³-hybridized carbons (Fsp3) is 0.167. The summed E-state index contributed by atoms with van der Waals surface area (Å²) >= 11 is 1.35. The van der Waals surface area contributed by atoms with Gasteiger partial charge in [0.05, 0.1) is 35.4 Å². The third-order valence-electron chi connectivity index (χ3n) is 8.34. The van der Waals surface area contributed by atoms with Crippen LogP contribution in [-0.2, 0) is 13.0 Å². The SMILES string of the molecule is COc1ccc([C@H]2C3=C(N=c4s/c(=C\c5ccccc5OCc5ccc([N+](=O)[O-])cc5)c(=O)n42)c2ccccc2CC3)cc1OC. The van der Waals surface area contributed by atoms with Crippen LogP contribution in [0.1, 0.15) is 40.3 Å². The lowest BCUT2D eigenvalue weighted by Crippen LogP contribution is -2.38. The van der Waals surface area contributed by atoms with Crippen molar-refractivity contribution in [2.24, 2.45) is 4.99 Å². The summed E-state index contributed by atoms with van der Waals surface area (Å²) in [5.74, 6) is 1.81. The fourth-order valence-corrected chi connectivity index (χ4v) is 7.08. The third-order valence-corrected chi connectivity index (χ3v) is 9.33. The van der Waals surface area contributed by atoms with Crippen molar-refractivity contribution < 1.29 is 19.1 Å². The van der Waals surface area contributed by atoms with E-state index in [0.29, 0.717) is 26.6 Å². The molecule has 4 aromatic carbocycles. The van der Waals surface area contributed by atoms with Crippen LogP contribution in [0.5, 0.6) is 17.2 Å². The number of hydrogen-bond donors (Lipinski definition) is 0. The van der Waals surface area contributed by atoms with Crippen LogP contribution in [0, 0.1) is 10.1 Å². The van der Waals surface area contributed by atoms with E-state index in [4.69, 9.17) is 19.2 Å². The lowest BCUT2D eigenvalue weighted by Gasteiger charge is -2.31. The second-order valence-electron chi connectivity index (χ2n) is 11.0. The van der Waals surface area contributed by atoms with E-state index in [2.05, 4.69) is 12.1 Å². The molecule has 0 N–H and O–H groups in total. The van der Waals surface area contributed by atoms with Crippen LogP contribution in [0.2, 0.25) is 0 Å². The number of aromatic nitrogens is 1. The van der Waals surface area contributed by atoms with Crippen molar-refractivity contribution in [3.8, 4) is 17.2 Å². The lowest BCUT2D eigenvalue weighted by atomic mass is 9.83. The maximum absolute atomic E-state index is 14.3. The van der Waals surface area contributed by atoms with Crippen LogP contribution >= 0.6 is 11.3 Å². The van der Waals surface area contributed by atoms with Crippen molar-refractivity contribution in [3.63, 3.8) is 0 Å². The van der Waals surface area contributed by atoms with E-state index in [-0.39, 0.29) is 23.9 Å². The van der Waals surface area contributed by atoms with Gasteiger partial charge in [-0.1, -0.05) is 59.9 Å². The van der Waals surface area contributed by atoms with Crippen molar-refractivity contribution in [1.82, 2.24) is 4.57 Å². The molecule has 10 heteroatoms. The number of nitrogens with zero attached hydrogens (tertiary/aromatic N) is 3. The monoisotopic (exact) mass is 631 g/mol. The Hall–Kier alpha value is -5.48. The largest absolute Gasteiger partial charge is 0.493 e. The van der Waals surface area contributed by atoms with Gasteiger partial charge in [-0.3, -0.25) is 19.5 Å². The quantitative estimate of drug-likeness (QED) is 0.158. The number of methoxy groups -OCH3 is 2. The molecule has 1 aliphatic carbocycles. The van der Waals surface area contributed by atoms with Crippen LogP contribution in [-0.4, -0.2) is 23.7 Å². The molecule has 0 saturated carbocycles. The van der Waals surface area contributed by atoms with E-state index < -0.39 is 4.92 Å². The van der Waals surface area contributed by atoms with E-state index >= 15 is 0 Å². The molecule has 0 bridgehead atoms. The molecule has 0 radical (unpaired) electrons. The van der Waals surface area contributed by atoms with Gasteiger partial charge in [-0.05, 0) is 71.5 Å². The highest BCUT2D eigenvalue weighted by atomic mass is 32.1. The molecule has 2 aliphatic rings. The fourth-order valence-electron chi connectivity index (χ4n) is 6.09. The van der Waals surface area contributed by atoms with E-state index in [9.17, 15) is 14.9 Å². The number of aryl methyl sites for hydroxylation is 1. The van der Waals surface area contributed by atoms with Crippen LogP contribution < -0.4 is 29.1 Å². The number of nitro groups is 1. The summed E-state index contributed by atoms with van der Waals surface area (Å²) < 4.78 is 19.6. The summed E-state index contributed by atoms with van der Waals surface area (Å²) in [5, 5.41) is 11.0. The molecule has 7 rings (SSSR count). The van der Waals surface area contributed by atoms with E-state index in [1.807, 2.05) is 60.7 Å². The van der Waals surface area contributed by atoms with E-state index in [1.54, 1.807) is 30.9 Å². The van der Waals surface area contributed by atoms with Gasteiger partial charge in [0, 0.05) is 23.3 Å². The van der Waals surface area contributed by atoms with Crippen LogP contribution in [0.4, 0.5) is 5.69 Å². The Morgan fingerprint density at radius 3 is 2.48 bits per heavy atom. The van der Waals surface area contributed by atoms with Crippen molar-refractivity contribution >= 4 is 28.8 Å². The zero-order valence-corrected chi connectivity index (χ0v) is 26.0. The van der Waals surface area contributed by atoms with Gasteiger partial charge in [-0.2, -0.15) is 0 Å². The maximum Gasteiger partial charge on any atom is 0.271 e. The Kier molecular flexibility index (Phi) is 7.71. The Labute approximate surface area is 268 Å². The number of nitro benzene ring substituents is 1. The minimum Gasteiger partial charge on any atom is -0.493 e. The molecule has 9 nitrogen and oxygen atoms in total. The number of rotatable bonds is 8. The predicted molar refractivity (Wildman–Crippen MR) is 176 cm³/mol. The number of allylic oxidation sites excluding steroid dienone is 1. The van der Waals surface area contributed by atoms with Gasteiger partial charge in [0.25, 0.3) is 11.2 Å². The molecule has 0 amide bonds. The third kappa shape index (κ3) is 5.26. The highest BCUT2D eigenvalue weighted by molar-refractivity contribution is 7.07. The Morgan fingerprint density at radius 2 is 1.70 bits per heavy atom. The average Bonchev–Trinajstić information content (AvgIpc) is 3.40. The minimum atomic E-state index is -0.430. The Bertz CT molecular complexity index is 2200. The number of ether oxygens (including phenoxy) is 3.